The lowest BCUT2D eigenvalue weighted by Crippen LogP contribution is -2.30. The van der Waals surface area contributed by atoms with Gasteiger partial charge in [-0.3, -0.25) is 0 Å². The maximum absolute atomic E-state index is 4.54. The van der Waals surface area contributed by atoms with Crippen molar-refractivity contribution in [3.8, 4) is 0 Å². The first-order chi connectivity index (χ1) is 7.65. The third-order valence-electron chi connectivity index (χ3n) is 2.49. The fourth-order valence-electron chi connectivity index (χ4n) is 1.67. The number of aryl methyl sites for hydroxylation is 2. The van der Waals surface area contributed by atoms with Gasteiger partial charge in [0.05, 0.1) is 5.03 Å². The molecular formula is C13H22N2S. The van der Waals surface area contributed by atoms with Crippen molar-refractivity contribution in [2.75, 3.05) is 12.3 Å². The van der Waals surface area contributed by atoms with Gasteiger partial charge in [0.1, 0.15) is 0 Å². The van der Waals surface area contributed by atoms with E-state index in [0.717, 1.165) is 23.0 Å². The van der Waals surface area contributed by atoms with Crippen LogP contribution in [0.1, 0.15) is 31.5 Å². The Balaban J connectivity index is 2.52. The SMILES string of the molecule is CCNC(CC)CSc1cc(C)cc(C)n1. The standard InChI is InChI=1S/C13H22N2S/c1-5-12(14-6-2)9-16-13-8-10(3)7-11(4)15-13/h7-8,12,14H,5-6,9H2,1-4H3. The first-order valence-corrected chi connectivity index (χ1v) is 6.95. The molecule has 3 heteroatoms. The van der Waals surface area contributed by atoms with E-state index >= 15 is 0 Å². The highest BCUT2D eigenvalue weighted by Crippen LogP contribution is 2.19. The number of pyridine rings is 1. The third-order valence-corrected chi connectivity index (χ3v) is 3.57. The number of hydrogen-bond donors (Lipinski definition) is 1. The molecule has 0 saturated carbocycles. The van der Waals surface area contributed by atoms with Crippen LogP contribution < -0.4 is 5.32 Å². The molecule has 0 fully saturated rings. The maximum Gasteiger partial charge on any atom is 0.0966 e. The molecule has 0 saturated heterocycles. The first-order valence-electron chi connectivity index (χ1n) is 5.97. The van der Waals surface area contributed by atoms with Crippen LogP contribution in [0.15, 0.2) is 17.2 Å². The van der Waals surface area contributed by atoms with E-state index in [-0.39, 0.29) is 0 Å². The van der Waals surface area contributed by atoms with Gasteiger partial charge in [0.25, 0.3) is 0 Å². The van der Waals surface area contributed by atoms with E-state index in [2.05, 4.69) is 50.1 Å². The Morgan fingerprint density at radius 2 is 2.06 bits per heavy atom. The van der Waals surface area contributed by atoms with Crippen LogP contribution in [-0.4, -0.2) is 23.3 Å². The Labute approximate surface area is 103 Å². The molecule has 16 heavy (non-hydrogen) atoms. The minimum Gasteiger partial charge on any atom is -0.313 e. The summed E-state index contributed by atoms with van der Waals surface area (Å²) in [6.45, 7) is 9.60. The molecule has 1 atom stereocenters. The van der Waals surface area contributed by atoms with Gasteiger partial charge in [-0.15, -0.1) is 11.8 Å². The van der Waals surface area contributed by atoms with E-state index in [1.54, 1.807) is 0 Å². The van der Waals surface area contributed by atoms with Gasteiger partial charge in [-0.05, 0) is 44.5 Å². The minimum absolute atomic E-state index is 0.595. The zero-order valence-electron chi connectivity index (χ0n) is 10.7. The van der Waals surface area contributed by atoms with E-state index in [9.17, 15) is 0 Å². The van der Waals surface area contributed by atoms with Crippen molar-refractivity contribution >= 4 is 11.8 Å². The molecule has 0 aromatic carbocycles. The summed E-state index contributed by atoms with van der Waals surface area (Å²) in [5.41, 5.74) is 2.41. The molecular weight excluding hydrogens is 216 g/mol. The Bertz CT molecular complexity index is 305. The molecule has 0 aliphatic heterocycles. The first kappa shape index (κ1) is 13.5. The van der Waals surface area contributed by atoms with Crippen molar-refractivity contribution in [2.24, 2.45) is 0 Å². The van der Waals surface area contributed by atoms with Crippen molar-refractivity contribution in [2.45, 2.75) is 45.2 Å². The van der Waals surface area contributed by atoms with Gasteiger partial charge in [0, 0.05) is 17.5 Å². The largest absolute Gasteiger partial charge is 0.313 e. The van der Waals surface area contributed by atoms with Gasteiger partial charge in [-0.2, -0.15) is 0 Å². The number of nitrogens with zero attached hydrogens (tertiary/aromatic N) is 1. The zero-order chi connectivity index (χ0) is 12.0. The summed E-state index contributed by atoms with van der Waals surface area (Å²) in [4.78, 5) is 4.54. The van der Waals surface area contributed by atoms with Crippen molar-refractivity contribution in [1.29, 1.82) is 0 Å². The molecule has 0 spiro atoms. The van der Waals surface area contributed by atoms with E-state index in [4.69, 9.17) is 0 Å². The van der Waals surface area contributed by atoms with Crippen LogP contribution in [0.25, 0.3) is 0 Å². The van der Waals surface area contributed by atoms with Gasteiger partial charge in [0.2, 0.25) is 0 Å². The maximum atomic E-state index is 4.54. The summed E-state index contributed by atoms with van der Waals surface area (Å²) >= 11 is 1.85. The summed E-state index contributed by atoms with van der Waals surface area (Å²) in [5, 5.41) is 4.63. The second-order valence-corrected chi connectivity index (χ2v) is 5.14. The summed E-state index contributed by atoms with van der Waals surface area (Å²) in [6.07, 6.45) is 1.17. The predicted molar refractivity (Wildman–Crippen MR) is 72.2 cm³/mol. The summed E-state index contributed by atoms with van der Waals surface area (Å²) < 4.78 is 0. The highest BCUT2D eigenvalue weighted by atomic mass is 32.2. The Kier molecular flexibility index (Phi) is 5.85. The zero-order valence-corrected chi connectivity index (χ0v) is 11.5. The molecule has 0 aliphatic carbocycles. The van der Waals surface area contributed by atoms with Gasteiger partial charge >= 0.3 is 0 Å². The number of rotatable bonds is 6. The smallest absolute Gasteiger partial charge is 0.0966 e. The molecule has 0 aliphatic rings. The molecule has 0 bridgehead atoms. The second-order valence-electron chi connectivity index (χ2n) is 4.10. The Hall–Kier alpha value is -0.540. The van der Waals surface area contributed by atoms with Crippen molar-refractivity contribution < 1.29 is 0 Å². The van der Waals surface area contributed by atoms with Gasteiger partial charge in [0.15, 0.2) is 0 Å². The van der Waals surface area contributed by atoms with Crippen LogP contribution in [0, 0.1) is 13.8 Å². The van der Waals surface area contributed by atoms with Crippen LogP contribution in [-0.2, 0) is 0 Å². The van der Waals surface area contributed by atoms with Crippen LogP contribution >= 0.6 is 11.8 Å². The lowest BCUT2D eigenvalue weighted by atomic mass is 10.2. The highest BCUT2D eigenvalue weighted by Gasteiger charge is 2.06. The van der Waals surface area contributed by atoms with Gasteiger partial charge in [-0.25, -0.2) is 4.98 Å². The molecule has 0 amide bonds. The topological polar surface area (TPSA) is 24.9 Å². The van der Waals surface area contributed by atoms with E-state index in [1.165, 1.54) is 12.0 Å². The molecule has 1 rings (SSSR count). The average Bonchev–Trinajstić information content (AvgIpc) is 2.23. The minimum atomic E-state index is 0.595. The molecule has 1 N–H and O–H groups in total. The number of nitrogens with one attached hydrogen (secondary N) is 1. The molecule has 90 valence electrons. The summed E-state index contributed by atoms with van der Waals surface area (Å²) in [6, 6.07) is 4.87. The lowest BCUT2D eigenvalue weighted by Gasteiger charge is -2.15. The summed E-state index contributed by atoms with van der Waals surface area (Å²) in [5.74, 6) is 1.10. The highest BCUT2D eigenvalue weighted by molar-refractivity contribution is 7.99. The van der Waals surface area contributed by atoms with Crippen molar-refractivity contribution in [3.05, 3.63) is 23.4 Å². The van der Waals surface area contributed by atoms with Gasteiger partial charge in [-0.1, -0.05) is 13.8 Å². The molecule has 1 heterocycles. The van der Waals surface area contributed by atoms with E-state index in [1.807, 2.05) is 11.8 Å². The Morgan fingerprint density at radius 3 is 2.62 bits per heavy atom. The van der Waals surface area contributed by atoms with Crippen LogP contribution in [0.3, 0.4) is 0 Å². The van der Waals surface area contributed by atoms with Crippen molar-refractivity contribution in [3.63, 3.8) is 0 Å². The number of thioether (sulfide) groups is 1. The molecule has 2 nitrogen and oxygen atoms in total. The monoisotopic (exact) mass is 238 g/mol. The number of aromatic nitrogens is 1. The average molecular weight is 238 g/mol. The van der Waals surface area contributed by atoms with Crippen LogP contribution in [0.5, 0.6) is 0 Å². The quantitative estimate of drug-likeness (QED) is 0.771. The second kappa shape index (κ2) is 6.92. The van der Waals surface area contributed by atoms with Crippen LogP contribution in [0.4, 0.5) is 0 Å². The summed E-state index contributed by atoms with van der Waals surface area (Å²) in [7, 11) is 0. The molecule has 1 aromatic heterocycles. The Morgan fingerprint density at radius 1 is 1.31 bits per heavy atom. The number of hydrogen-bond acceptors (Lipinski definition) is 3. The van der Waals surface area contributed by atoms with Gasteiger partial charge < -0.3 is 5.32 Å². The van der Waals surface area contributed by atoms with Crippen LogP contribution in [0.2, 0.25) is 0 Å². The predicted octanol–water partition coefficient (Wildman–Crippen LogP) is 3.18. The third kappa shape index (κ3) is 4.54. The molecule has 1 unspecified atom stereocenters. The molecule has 0 radical (unpaired) electrons. The fourth-order valence-corrected chi connectivity index (χ4v) is 2.88. The normalized spacial score (nSPS) is 12.8. The fraction of sp³-hybridized carbons (Fsp3) is 0.615. The van der Waals surface area contributed by atoms with E-state index < -0.39 is 0 Å². The van der Waals surface area contributed by atoms with E-state index in [0.29, 0.717) is 6.04 Å². The van der Waals surface area contributed by atoms with Crippen molar-refractivity contribution in [1.82, 2.24) is 10.3 Å². The lowest BCUT2D eigenvalue weighted by molar-refractivity contribution is 0.560. The molecule has 1 aromatic rings.